The molecule has 1 heterocycles. The van der Waals surface area contributed by atoms with E-state index in [1.54, 1.807) is 0 Å². The molecular weight excluding hydrogens is 298 g/mol. The van der Waals surface area contributed by atoms with Crippen LogP contribution in [-0.2, 0) is 11.3 Å². The first-order chi connectivity index (χ1) is 11.8. The van der Waals surface area contributed by atoms with Gasteiger partial charge in [-0.05, 0) is 50.5 Å². The fraction of sp³-hybridized carbons (Fsp3) is 0.476. The molecule has 130 valence electrons. The van der Waals surface area contributed by atoms with Gasteiger partial charge in [0.15, 0.2) is 0 Å². The molecular formula is C21H29NO2. The van der Waals surface area contributed by atoms with E-state index in [2.05, 4.69) is 13.2 Å². The van der Waals surface area contributed by atoms with Crippen LogP contribution in [0.15, 0.2) is 55.6 Å². The zero-order valence-electron chi connectivity index (χ0n) is 14.5. The summed E-state index contributed by atoms with van der Waals surface area (Å²) in [4.78, 5) is 14.7. The number of amides is 1. The monoisotopic (exact) mass is 327 g/mol. The van der Waals surface area contributed by atoms with Crippen molar-refractivity contribution in [3.05, 3.63) is 61.2 Å². The second kappa shape index (κ2) is 9.96. The summed E-state index contributed by atoms with van der Waals surface area (Å²) in [7, 11) is 0. The number of ether oxygens (including phenoxy) is 1. The molecule has 0 spiro atoms. The fourth-order valence-corrected chi connectivity index (χ4v) is 3.46. The van der Waals surface area contributed by atoms with E-state index < -0.39 is 0 Å². The summed E-state index contributed by atoms with van der Waals surface area (Å²) >= 11 is 0. The van der Waals surface area contributed by atoms with Gasteiger partial charge in [0, 0.05) is 12.1 Å². The summed E-state index contributed by atoms with van der Waals surface area (Å²) in [6, 6.07) is 10.3. The Hall–Kier alpha value is -2.03. The van der Waals surface area contributed by atoms with Crippen molar-refractivity contribution in [3.63, 3.8) is 0 Å². The average molecular weight is 327 g/mol. The molecule has 1 amide bonds. The number of carbonyl (C=O) groups excluding carboxylic acids is 1. The molecule has 1 fully saturated rings. The number of carbonyl (C=O) groups is 1. The number of benzene rings is 1. The van der Waals surface area contributed by atoms with Gasteiger partial charge in [-0.2, -0.15) is 0 Å². The van der Waals surface area contributed by atoms with E-state index >= 15 is 0 Å². The van der Waals surface area contributed by atoms with Gasteiger partial charge in [-0.3, -0.25) is 0 Å². The van der Waals surface area contributed by atoms with Crippen LogP contribution in [0.3, 0.4) is 0 Å². The van der Waals surface area contributed by atoms with Gasteiger partial charge in [-0.15, -0.1) is 13.2 Å². The van der Waals surface area contributed by atoms with Crippen LogP contribution < -0.4 is 0 Å². The predicted molar refractivity (Wildman–Crippen MR) is 98.8 cm³/mol. The van der Waals surface area contributed by atoms with Crippen LogP contribution in [0.4, 0.5) is 4.79 Å². The fourth-order valence-electron chi connectivity index (χ4n) is 3.46. The topological polar surface area (TPSA) is 29.5 Å². The van der Waals surface area contributed by atoms with Crippen molar-refractivity contribution in [1.82, 2.24) is 4.90 Å². The molecule has 1 saturated heterocycles. The highest BCUT2D eigenvalue weighted by Crippen LogP contribution is 2.29. The molecule has 1 aliphatic rings. The number of likely N-dealkylation sites (tertiary alicyclic amines) is 1. The van der Waals surface area contributed by atoms with Crippen LogP contribution in [-0.4, -0.2) is 23.1 Å². The highest BCUT2D eigenvalue weighted by atomic mass is 16.6. The lowest BCUT2D eigenvalue weighted by atomic mass is 9.91. The standard InChI is InChI=1S/C21H29NO2/c1-3-5-7-14-20-16-10-15-19(11-4-2)22(20)21(23)24-17-18-12-8-6-9-13-18/h3-4,6,8-9,12-13,19-20H,1-2,5,7,10-11,14-17H2/t19-,20+/m1/s1. The van der Waals surface area contributed by atoms with Crippen LogP contribution in [0.2, 0.25) is 0 Å². The number of unbranched alkanes of at least 4 members (excludes halogenated alkanes) is 1. The zero-order valence-corrected chi connectivity index (χ0v) is 14.5. The van der Waals surface area contributed by atoms with Crippen molar-refractivity contribution < 1.29 is 9.53 Å². The second-order valence-electron chi connectivity index (χ2n) is 6.43. The van der Waals surface area contributed by atoms with Gasteiger partial charge in [0.1, 0.15) is 6.61 Å². The molecule has 2 rings (SSSR count). The molecule has 0 aromatic heterocycles. The molecule has 1 aromatic carbocycles. The summed E-state index contributed by atoms with van der Waals surface area (Å²) in [5, 5.41) is 0. The summed E-state index contributed by atoms with van der Waals surface area (Å²) in [6.45, 7) is 7.97. The molecule has 2 atom stereocenters. The predicted octanol–water partition coefficient (Wildman–Crippen LogP) is 5.48. The van der Waals surface area contributed by atoms with E-state index in [1.807, 2.05) is 47.4 Å². The van der Waals surface area contributed by atoms with E-state index in [1.165, 1.54) is 6.42 Å². The lowest BCUT2D eigenvalue weighted by Gasteiger charge is -2.41. The Morgan fingerprint density at radius 2 is 1.92 bits per heavy atom. The molecule has 0 saturated carbocycles. The van der Waals surface area contributed by atoms with Gasteiger partial charge < -0.3 is 9.64 Å². The number of rotatable bonds is 8. The highest BCUT2D eigenvalue weighted by molar-refractivity contribution is 5.68. The quantitative estimate of drug-likeness (QED) is 0.467. The summed E-state index contributed by atoms with van der Waals surface area (Å²) in [6.07, 6.45) is 10.8. The van der Waals surface area contributed by atoms with Crippen molar-refractivity contribution in [3.8, 4) is 0 Å². The molecule has 3 heteroatoms. The molecule has 0 N–H and O–H groups in total. The Bertz CT molecular complexity index is 526. The highest BCUT2D eigenvalue weighted by Gasteiger charge is 2.34. The number of piperidine rings is 1. The summed E-state index contributed by atoms with van der Waals surface area (Å²) in [5.74, 6) is 0. The Kier molecular flexibility index (Phi) is 7.60. The molecule has 0 bridgehead atoms. The van der Waals surface area contributed by atoms with Gasteiger partial charge in [0.25, 0.3) is 0 Å². The number of hydrogen-bond donors (Lipinski definition) is 0. The second-order valence-corrected chi connectivity index (χ2v) is 6.43. The third-order valence-corrected chi connectivity index (χ3v) is 4.66. The zero-order chi connectivity index (χ0) is 17.2. The molecule has 3 nitrogen and oxygen atoms in total. The first-order valence-corrected chi connectivity index (χ1v) is 8.97. The number of hydrogen-bond acceptors (Lipinski definition) is 2. The van der Waals surface area contributed by atoms with Crippen LogP contribution in [0.25, 0.3) is 0 Å². The van der Waals surface area contributed by atoms with Gasteiger partial charge in [-0.1, -0.05) is 42.5 Å². The first kappa shape index (κ1) is 18.3. The molecule has 0 aliphatic carbocycles. The van der Waals surface area contributed by atoms with Crippen LogP contribution in [0.5, 0.6) is 0 Å². The van der Waals surface area contributed by atoms with Crippen molar-refractivity contribution in [1.29, 1.82) is 0 Å². The maximum Gasteiger partial charge on any atom is 0.410 e. The van der Waals surface area contributed by atoms with E-state index in [0.29, 0.717) is 6.61 Å². The third-order valence-electron chi connectivity index (χ3n) is 4.66. The molecule has 1 aromatic rings. The summed E-state index contributed by atoms with van der Waals surface area (Å²) in [5.41, 5.74) is 1.02. The molecule has 0 radical (unpaired) electrons. The van der Waals surface area contributed by atoms with Crippen LogP contribution in [0.1, 0.15) is 50.5 Å². The van der Waals surface area contributed by atoms with Gasteiger partial charge in [0.05, 0.1) is 0 Å². The van der Waals surface area contributed by atoms with Crippen LogP contribution in [0, 0.1) is 0 Å². The van der Waals surface area contributed by atoms with Crippen molar-refractivity contribution in [2.75, 3.05) is 0 Å². The van der Waals surface area contributed by atoms with Gasteiger partial charge in [0.2, 0.25) is 0 Å². The normalized spacial score (nSPS) is 20.4. The lowest BCUT2D eigenvalue weighted by Crippen LogP contribution is -2.50. The van der Waals surface area contributed by atoms with E-state index in [-0.39, 0.29) is 18.2 Å². The summed E-state index contributed by atoms with van der Waals surface area (Å²) < 4.78 is 5.61. The van der Waals surface area contributed by atoms with Crippen molar-refractivity contribution in [2.24, 2.45) is 0 Å². The Labute approximate surface area is 146 Å². The molecule has 1 aliphatic heterocycles. The number of nitrogens with zero attached hydrogens (tertiary/aromatic N) is 1. The largest absolute Gasteiger partial charge is 0.445 e. The SMILES string of the molecule is C=CCCC[C@H]1CCC[C@@H](CC=C)N1C(=O)OCc1ccccc1. The minimum atomic E-state index is -0.186. The Morgan fingerprint density at radius 3 is 2.62 bits per heavy atom. The van der Waals surface area contributed by atoms with Crippen LogP contribution >= 0.6 is 0 Å². The molecule has 24 heavy (non-hydrogen) atoms. The van der Waals surface area contributed by atoms with Crippen molar-refractivity contribution >= 4 is 6.09 Å². The molecule has 0 unspecified atom stereocenters. The van der Waals surface area contributed by atoms with Gasteiger partial charge >= 0.3 is 6.09 Å². The minimum Gasteiger partial charge on any atom is -0.445 e. The first-order valence-electron chi connectivity index (χ1n) is 8.97. The maximum absolute atomic E-state index is 12.7. The maximum atomic E-state index is 12.7. The lowest BCUT2D eigenvalue weighted by molar-refractivity contribution is 0.0394. The average Bonchev–Trinajstić information content (AvgIpc) is 2.61. The van der Waals surface area contributed by atoms with E-state index in [0.717, 1.165) is 44.1 Å². The van der Waals surface area contributed by atoms with E-state index in [9.17, 15) is 4.79 Å². The smallest absolute Gasteiger partial charge is 0.410 e. The Balaban J connectivity index is 2.00. The minimum absolute atomic E-state index is 0.186. The third kappa shape index (κ3) is 5.26. The van der Waals surface area contributed by atoms with Crippen molar-refractivity contribution in [2.45, 2.75) is 63.6 Å². The van der Waals surface area contributed by atoms with Gasteiger partial charge in [-0.25, -0.2) is 4.79 Å². The van der Waals surface area contributed by atoms with E-state index in [4.69, 9.17) is 4.74 Å². The Morgan fingerprint density at radius 1 is 1.17 bits per heavy atom. The number of allylic oxidation sites excluding steroid dienone is 1.